The number of benzene rings is 1. The van der Waals surface area contributed by atoms with Gasteiger partial charge in [-0.25, -0.2) is 9.67 Å². The topological polar surface area (TPSA) is 59.8 Å². The van der Waals surface area contributed by atoms with Crippen molar-refractivity contribution in [2.45, 2.75) is 27.7 Å². The molecule has 5 nitrogen and oxygen atoms in total. The maximum Gasteiger partial charge on any atom is 0.255 e. The second kappa shape index (κ2) is 6.28. The molecule has 0 aliphatic carbocycles. The molecule has 0 bridgehead atoms. The first-order valence-corrected chi connectivity index (χ1v) is 7.82. The molecule has 0 atom stereocenters. The highest BCUT2D eigenvalue weighted by molar-refractivity contribution is 6.05. The van der Waals surface area contributed by atoms with Gasteiger partial charge >= 0.3 is 0 Å². The zero-order valence-electron chi connectivity index (χ0n) is 14.3. The quantitative estimate of drug-likeness (QED) is 0.799. The van der Waals surface area contributed by atoms with Crippen molar-refractivity contribution in [1.29, 1.82) is 0 Å². The predicted molar refractivity (Wildman–Crippen MR) is 94.7 cm³/mol. The summed E-state index contributed by atoms with van der Waals surface area (Å²) < 4.78 is 1.78. The van der Waals surface area contributed by atoms with E-state index in [4.69, 9.17) is 0 Å². The van der Waals surface area contributed by atoms with Gasteiger partial charge in [0.1, 0.15) is 0 Å². The van der Waals surface area contributed by atoms with E-state index < -0.39 is 0 Å². The van der Waals surface area contributed by atoms with E-state index in [1.807, 2.05) is 64.1 Å². The van der Waals surface area contributed by atoms with E-state index in [0.717, 1.165) is 28.3 Å². The van der Waals surface area contributed by atoms with Crippen LogP contribution in [-0.4, -0.2) is 20.7 Å². The third-order valence-electron chi connectivity index (χ3n) is 3.86. The number of rotatable bonds is 3. The van der Waals surface area contributed by atoms with Crippen LogP contribution in [0.5, 0.6) is 0 Å². The van der Waals surface area contributed by atoms with Crippen LogP contribution >= 0.6 is 0 Å². The van der Waals surface area contributed by atoms with Gasteiger partial charge in [-0.15, -0.1) is 0 Å². The van der Waals surface area contributed by atoms with Crippen molar-refractivity contribution in [3.05, 3.63) is 70.7 Å². The molecule has 0 saturated heterocycles. The lowest BCUT2D eigenvalue weighted by molar-refractivity contribution is 0.102. The van der Waals surface area contributed by atoms with E-state index in [1.165, 1.54) is 0 Å². The van der Waals surface area contributed by atoms with Gasteiger partial charge in [-0.1, -0.05) is 17.7 Å². The van der Waals surface area contributed by atoms with Crippen molar-refractivity contribution in [1.82, 2.24) is 14.8 Å². The Balaban J connectivity index is 1.79. The highest BCUT2D eigenvalue weighted by Gasteiger charge is 2.10. The number of carbonyl (C=O) groups is 1. The van der Waals surface area contributed by atoms with Gasteiger partial charge in [0.05, 0.1) is 17.6 Å². The molecule has 0 spiro atoms. The minimum absolute atomic E-state index is 0.131. The van der Waals surface area contributed by atoms with E-state index in [-0.39, 0.29) is 5.91 Å². The van der Waals surface area contributed by atoms with Crippen molar-refractivity contribution in [3.63, 3.8) is 0 Å². The Bertz CT molecular complexity index is 894. The third kappa shape index (κ3) is 3.20. The largest absolute Gasteiger partial charge is 0.321 e. The van der Waals surface area contributed by atoms with Crippen LogP contribution in [0.1, 0.15) is 32.9 Å². The Kier molecular flexibility index (Phi) is 4.16. The number of aryl methyl sites for hydroxylation is 4. The van der Waals surface area contributed by atoms with Gasteiger partial charge in [0.25, 0.3) is 5.91 Å². The Hall–Kier alpha value is -2.95. The van der Waals surface area contributed by atoms with Crippen molar-refractivity contribution in [2.75, 3.05) is 5.32 Å². The molecule has 2 heterocycles. The SMILES string of the molecule is Cc1ccc(C(=O)Nc2ccc(-n3nc(C)cc3C)nc2)c(C)c1. The first-order chi connectivity index (χ1) is 11.4. The van der Waals surface area contributed by atoms with Crippen molar-refractivity contribution in [3.8, 4) is 5.82 Å². The van der Waals surface area contributed by atoms with Gasteiger partial charge in [0.15, 0.2) is 5.82 Å². The highest BCUT2D eigenvalue weighted by Crippen LogP contribution is 2.15. The van der Waals surface area contributed by atoms with Gasteiger partial charge < -0.3 is 5.32 Å². The van der Waals surface area contributed by atoms with Crippen molar-refractivity contribution in [2.24, 2.45) is 0 Å². The number of nitrogens with zero attached hydrogens (tertiary/aromatic N) is 3. The lowest BCUT2D eigenvalue weighted by Gasteiger charge is -2.09. The van der Waals surface area contributed by atoms with E-state index in [2.05, 4.69) is 15.4 Å². The van der Waals surface area contributed by atoms with Gasteiger partial charge in [0, 0.05) is 11.3 Å². The molecule has 2 aromatic heterocycles. The molecule has 0 fully saturated rings. The van der Waals surface area contributed by atoms with Crippen molar-refractivity contribution < 1.29 is 4.79 Å². The average Bonchev–Trinajstić information content (AvgIpc) is 2.86. The predicted octanol–water partition coefficient (Wildman–Crippen LogP) is 3.75. The zero-order valence-corrected chi connectivity index (χ0v) is 14.3. The monoisotopic (exact) mass is 320 g/mol. The number of anilines is 1. The summed E-state index contributed by atoms with van der Waals surface area (Å²) in [4.78, 5) is 16.8. The summed E-state index contributed by atoms with van der Waals surface area (Å²) in [5.41, 5.74) is 5.39. The number of nitrogens with one attached hydrogen (secondary N) is 1. The van der Waals surface area contributed by atoms with Crippen LogP contribution in [0, 0.1) is 27.7 Å². The molecule has 0 aliphatic heterocycles. The Labute approximate surface area is 141 Å². The minimum atomic E-state index is -0.131. The number of hydrogen-bond donors (Lipinski definition) is 1. The summed E-state index contributed by atoms with van der Waals surface area (Å²) in [6, 6.07) is 11.5. The van der Waals surface area contributed by atoms with Gasteiger partial charge in [-0.2, -0.15) is 5.10 Å². The molecule has 1 aromatic carbocycles. The summed E-state index contributed by atoms with van der Waals surface area (Å²) in [6.45, 7) is 7.88. The lowest BCUT2D eigenvalue weighted by atomic mass is 10.1. The zero-order chi connectivity index (χ0) is 17.3. The standard InChI is InChI=1S/C19H20N4O/c1-12-5-7-17(13(2)9-12)19(24)21-16-6-8-18(20-11-16)23-15(4)10-14(3)22-23/h5-11H,1-4H3,(H,21,24). The number of pyridine rings is 1. The highest BCUT2D eigenvalue weighted by atomic mass is 16.1. The van der Waals surface area contributed by atoms with Crippen LogP contribution in [0.4, 0.5) is 5.69 Å². The summed E-state index contributed by atoms with van der Waals surface area (Å²) >= 11 is 0. The lowest BCUT2D eigenvalue weighted by Crippen LogP contribution is -2.14. The van der Waals surface area contributed by atoms with E-state index in [1.54, 1.807) is 10.9 Å². The van der Waals surface area contributed by atoms with Crippen LogP contribution in [-0.2, 0) is 0 Å². The fourth-order valence-electron chi connectivity index (χ4n) is 2.71. The van der Waals surface area contributed by atoms with Gasteiger partial charge in [-0.05, 0) is 57.5 Å². The molecule has 0 radical (unpaired) electrons. The Morgan fingerprint density at radius 3 is 2.42 bits per heavy atom. The number of carbonyl (C=O) groups excluding carboxylic acids is 1. The minimum Gasteiger partial charge on any atom is -0.321 e. The second-order valence-corrected chi connectivity index (χ2v) is 6.02. The summed E-state index contributed by atoms with van der Waals surface area (Å²) in [7, 11) is 0. The molecule has 0 aliphatic rings. The third-order valence-corrected chi connectivity index (χ3v) is 3.86. The second-order valence-electron chi connectivity index (χ2n) is 6.02. The van der Waals surface area contributed by atoms with Crippen LogP contribution in [0.3, 0.4) is 0 Å². The summed E-state index contributed by atoms with van der Waals surface area (Å²) in [5.74, 6) is 0.596. The van der Waals surface area contributed by atoms with Crippen LogP contribution in [0.25, 0.3) is 5.82 Å². The molecular formula is C19H20N4O. The fourth-order valence-corrected chi connectivity index (χ4v) is 2.71. The molecule has 1 N–H and O–H groups in total. The molecule has 122 valence electrons. The smallest absolute Gasteiger partial charge is 0.255 e. The summed E-state index contributed by atoms with van der Waals surface area (Å²) in [5, 5.41) is 7.29. The van der Waals surface area contributed by atoms with E-state index in [9.17, 15) is 4.79 Å². The maximum atomic E-state index is 12.4. The Morgan fingerprint density at radius 1 is 1.04 bits per heavy atom. The van der Waals surface area contributed by atoms with Crippen molar-refractivity contribution >= 4 is 11.6 Å². The van der Waals surface area contributed by atoms with Crippen LogP contribution in [0.2, 0.25) is 0 Å². The van der Waals surface area contributed by atoms with Crippen LogP contribution < -0.4 is 5.32 Å². The average molecular weight is 320 g/mol. The maximum absolute atomic E-state index is 12.4. The molecule has 5 heteroatoms. The van der Waals surface area contributed by atoms with E-state index in [0.29, 0.717) is 11.3 Å². The molecule has 3 aromatic rings. The first kappa shape index (κ1) is 15.9. The molecule has 0 unspecified atom stereocenters. The summed E-state index contributed by atoms with van der Waals surface area (Å²) in [6.07, 6.45) is 1.65. The van der Waals surface area contributed by atoms with Gasteiger partial charge in [0.2, 0.25) is 0 Å². The molecule has 1 amide bonds. The molecule has 3 rings (SSSR count). The fraction of sp³-hybridized carbons (Fsp3) is 0.211. The first-order valence-electron chi connectivity index (χ1n) is 7.82. The van der Waals surface area contributed by atoms with Crippen LogP contribution in [0.15, 0.2) is 42.6 Å². The molecule has 24 heavy (non-hydrogen) atoms. The van der Waals surface area contributed by atoms with Gasteiger partial charge in [-0.3, -0.25) is 4.79 Å². The molecule has 0 saturated carbocycles. The Morgan fingerprint density at radius 2 is 1.83 bits per heavy atom. The number of amides is 1. The number of hydrogen-bond acceptors (Lipinski definition) is 3. The number of aromatic nitrogens is 3. The normalized spacial score (nSPS) is 10.7. The molecular weight excluding hydrogens is 300 g/mol. The van der Waals surface area contributed by atoms with E-state index >= 15 is 0 Å².